The van der Waals surface area contributed by atoms with Gasteiger partial charge in [0.2, 0.25) is 0 Å². The van der Waals surface area contributed by atoms with Gasteiger partial charge < -0.3 is 37.2 Å². The number of aryl methyl sites for hydroxylation is 4. The summed E-state index contributed by atoms with van der Waals surface area (Å²) in [6, 6.07) is 16.6. The fraction of sp³-hybridized carbons (Fsp3) is 0.345. The maximum atomic E-state index is 6.53. The average Bonchev–Trinajstić information content (AvgIpc) is 2.83. The summed E-state index contributed by atoms with van der Waals surface area (Å²) in [5.41, 5.74) is 10.4. The number of rotatable bonds is 8. The van der Waals surface area contributed by atoms with Gasteiger partial charge in [0.25, 0.3) is 0 Å². The number of aliphatic imine (C=N–C) groups is 2. The first kappa shape index (κ1) is 38.6. The summed E-state index contributed by atoms with van der Waals surface area (Å²) in [6.07, 6.45) is 3.76. The summed E-state index contributed by atoms with van der Waals surface area (Å²) in [5.74, 6) is 0. The predicted octanol–water partition coefficient (Wildman–Crippen LogP) is -0.722. The van der Waals surface area contributed by atoms with Crippen molar-refractivity contribution in [3.05, 3.63) is 87.2 Å². The molecule has 1 heterocycles. The van der Waals surface area contributed by atoms with Crippen molar-refractivity contribution in [3.8, 4) is 0 Å². The maximum Gasteiger partial charge on any atom is 3.00 e. The zero-order valence-electron chi connectivity index (χ0n) is 22.3. The third-order valence-corrected chi connectivity index (χ3v) is 6.24. The minimum absolute atomic E-state index is 0. The number of benzene rings is 2. The second-order valence-corrected chi connectivity index (χ2v) is 8.65. The Kier molecular flexibility index (Phi) is 19.5. The van der Waals surface area contributed by atoms with Crippen molar-refractivity contribution < 1.29 is 78.1 Å². The summed E-state index contributed by atoms with van der Waals surface area (Å²) in [6.45, 7) is 12.7. The van der Waals surface area contributed by atoms with Gasteiger partial charge in [0.05, 0.1) is 34.2 Å². The van der Waals surface area contributed by atoms with Crippen LogP contribution >= 0.6 is 11.6 Å². The molecule has 0 saturated carbocycles. The van der Waals surface area contributed by atoms with Crippen molar-refractivity contribution in [1.82, 2.24) is 4.98 Å². The van der Waals surface area contributed by atoms with Crippen LogP contribution in [0.3, 0.4) is 0 Å². The van der Waals surface area contributed by atoms with Crippen molar-refractivity contribution in [2.45, 2.75) is 67.2 Å². The molecule has 0 saturated heterocycles. The third kappa shape index (κ3) is 9.85. The van der Waals surface area contributed by atoms with Crippen LogP contribution in [-0.4, -0.2) is 16.4 Å². The molecule has 0 aliphatic carbocycles. The molecule has 0 unspecified atom stereocenters. The third-order valence-electron chi connectivity index (χ3n) is 6.02. The number of nitrogens with zero attached hydrogens (tertiary/aromatic N) is 3. The van der Waals surface area contributed by atoms with Crippen molar-refractivity contribution in [2.75, 3.05) is 0 Å². The molecule has 37 heavy (non-hydrogen) atoms. The molecular formula is C29H34Cl4N3Nd. The summed E-state index contributed by atoms with van der Waals surface area (Å²) in [4.78, 5) is 14.9. The van der Waals surface area contributed by atoms with Crippen LogP contribution in [-0.2, 0) is 25.7 Å². The Labute approximate surface area is 279 Å². The standard InChI is InChI=1S/C29H34ClN3.3ClH.Nd/c1-7-21-13-11-14-22(8-2)28(21)31-19(5)26-17-25(30)18-27(33-26)20(6)32-29-23(9-3)15-12-16-24(29)10-4;;;;/h11-18H,7-10H2,1-6H3;3*1H;/q;;;;+3/p-3. The van der Waals surface area contributed by atoms with Crippen molar-refractivity contribution in [1.29, 1.82) is 0 Å². The zero-order valence-corrected chi connectivity index (χ0v) is 28.5. The van der Waals surface area contributed by atoms with E-state index < -0.39 is 0 Å². The van der Waals surface area contributed by atoms with Crippen LogP contribution in [0.4, 0.5) is 11.4 Å². The average molecular weight is 711 g/mol. The van der Waals surface area contributed by atoms with Gasteiger partial charge in [-0.3, -0.25) is 9.98 Å². The molecule has 0 atom stereocenters. The molecule has 3 nitrogen and oxygen atoms in total. The van der Waals surface area contributed by atoms with E-state index in [0.29, 0.717) is 5.02 Å². The largest absolute Gasteiger partial charge is 3.00 e. The molecule has 0 aliphatic heterocycles. The monoisotopic (exact) mass is 706 g/mol. The second kappa shape index (κ2) is 18.7. The van der Waals surface area contributed by atoms with Gasteiger partial charge in [-0.25, -0.2) is 4.98 Å². The minimum atomic E-state index is 0. The topological polar surface area (TPSA) is 37.6 Å². The number of halogens is 4. The fourth-order valence-corrected chi connectivity index (χ4v) is 4.24. The maximum absolute atomic E-state index is 6.53. The molecule has 0 bridgehead atoms. The molecular weight excluding hydrogens is 676 g/mol. The summed E-state index contributed by atoms with van der Waals surface area (Å²) in [5, 5.41) is 0.637. The number of hydrogen-bond acceptors (Lipinski definition) is 3. The second-order valence-electron chi connectivity index (χ2n) is 8.21. The Morgan fingerprint density at radius 2 is 0.946 bits per heavy atom. The molecule has 197 valence electrons. The van der Waals surface area contributed by atoms with Crippen LogP contribution in [0.2, 0.25) is 5.02 Å². The molecule has 0 spiro atoms. The summed E-state index contributed by atoms with van der Waals surface area (Å²) < 4.78 is 0. The van der Waals surface area contributed by atoms with Crippen LogP contribution < -0.4 is 37.2 Å². The molecule has 2 aromatic carbocycles. The number of para-hydroxylation sites is 2. The molecule has 8 heteroatoms. The van der Waals surface area contributed by atoms with Crippen LogP contribution in [0.15, 0.2) is 58.5 Å². The minimum Gasteiger partial charge on any atom is -1.00 e. The van der Waals surface area contributed by atoms with E-state index >= 15 is 0 Å². The van der Waals surface area contributed by atoms with E-state index in [1.165, 1.54) is 22.3 Å². The van der Waals surface area contributed by atoms with Crippen LogP contribution in [0, 0.1) is 40.8 Å². The van der Waals surface area contributed by atoms with E-state index in [4.69, 9.17) is 26.6 Å². The number of aromatic nitrogens is 1. The van der Waals surface area contributed by atoms with E-state index in [1.54, 1.807) is 0 Å². The number of hydrogen-bond donors (Lipinski definition) is 0. The predicted molar refractivity (Wildman–Crippen MR) is 143 cm³/mol. The van der Waals surface area contributed by atoms with Crippen LogP contribution in [0.1, 0.15) is 75.2 Å². The Morgan fingerprint density at radius 3 is 1.22 bits per heavy atom. The van der Waals surface area contributed by atoms with Gasteiger partial charge in [0.15, 0.2) is 0 Å². The first-order valence-electron chi connectivity index (χ1n) is 11.9. The van der Waals surface area contributed by atoms with E-state index in [0.717, 1.165) is 59.9 Å². The van der Waals surface area contributed by atoms with E-state index in [1.807, 2.05) is 26.0 Å². The first-order valence-corrected chi connectivity index (χ1v) is 12.3. The molecule has 1 radical (unpaired) electrons. The van der Waals surface area contributed by atoms with E-state index in [-0.39, 0.29) is 78.1 Å². The molecule has 3 aromatic rings. The van der Waals surface area contributed by atoms with E-state index in [9.17, 15) is 0 Å². The van der Waals surface area contributed by atoms with Crippen molar-refractivity contribution in [2.24, 2.45) is 9.98 Å². The molecule has 3 rings (SSSR count). The summed E-state index contributed by atoms with van der Waals surface area (Å²) >= 11 is 6.53. The Balaban J connectivity index is 0. The van der Waals surface area contributed by atoms with Crippen LogP contribution in [0.5, 0.6) is 0 Å². The molecule has 0 fully saturated rings. The summed E-state index contributed by atoms with van der Waals surface area (Å²) in [7, 11) is 0. The van der Waals surface area contributed by atoms with Gasteiger partial charge >= 0.3 is 40.8 Å². The van der Waals surface area contributed by atoms with Crippen LogP contribution in [0.25, 0.3) is 0 Å². The smallest absolute Gasteiger partial charge is 1.00 e. The molecule has 1 aromatic heterocycles. The van der Waals surface area contributed by atoms with Crippen molar-refractivity contribution >= 4 is 34.4 Å². The van der Waals surface area contributed by atoms with Gasteiger partial charge in [-0.05, 0) is 73.9 Å². The number of pyridine rings is 1. The first-order chi connectivity index (χ1) is 15.9. The van der Waals surface area contributed by atoms with Gasteiger partial charge in [0.1, 0.15) is 0 Å². The molecule has 0 aliphatic rings. The van der Waals surface area contributed by atoms with Gasteiger partial charge in [0, 0.05) is 5.02 Å². The zero-order chi connectivity index (χ0) is 24.0. The SMILES string of the molecule is CCc1cccc(CC)c1N=C(C)c1cc(Cl)cc(C(C)=Nc2c(CC)cccc2CC)n1.[Cl-].[Cl-].[Cl-].[Nd+3]. The Bertz CT molecular complexity index is 1080. The fourth-order valence-electron chi connectivity index (χ4n) is 4.04. The Hall–Kier alpha value is -0.559. The van der Waals surface area contributed by atoms with Crippen molar-refractivity contribution in [3.63, 3.8) is 0 Å². The molecule has 0 amide bonds. The van der Waals surface area contributed by atoms with Gasteiger partial charge in [-0.2, -0.15) is 0 Å². The Morgan fingerprint density at radius 1 is 0.649 bits per heavy atom. The molecule has 0 N–H and O–H groups in total. The quantitative estimate of drug-likeness (QED) is 0.285. The van der Waals surface area contributed by atoms with Gasteiger partial charge in [-0.1, -0.05) is 75.7 Å². The van der Waals surface area contributed by atoms with Gasteiger partial charge in [-0.15, -0.1) is 0 Å². The normalized spacial score (nSPS) is 11.0. The van der Waals surface area contributed by atoms with E-state index in [2.05, 4.69) is 64.1 Å².